The molecule has 1 N–H and O–H groups in total. The van der Waals surface area contributed by atoms with Gasteiger partial charge in [0.25, 0.3) is 0 Å². The Balaban J connectivity index is 2.19. The molecular formula is C15H15BrO2. The molecule has 0 atom stereocenters. The minimum atomic E-state index is -0.0234. The fraction of sp³-hybridized carbons (Fsp3) is 0.200. The van der Waals surface area contributed by atoms with Crippen molar-refractivity contribution in [1.82, 2.24) is 0 Å². The van der Waals surface area contributed by atoms with Crippen LogP contribution in [0.25, 0.3) is 0 Å². The summed E-state index contributed by atoms with van der Waals surface area (Å²) in [6.45, 7) is 2.46. The van der Waals surface area contributed by atoms with Gasteiger partial charge < -0.3 is 9.84 Å². The van der Waals surface area contributed by atoms with Gasteiger partial charge in [0.1, 0.15) is 12.4 Å². The normalized spacial score (nSPS) is 10.4. The maximum Gasteiger partial charge on any atom is 0.128 e. The van der Waals surface area contributed by atoms with Gasteiger partial charge in [-0.25, -0.2) is 0 Å². The molecule has 0 aliphatic carbocycles. The van der Waals surface area contributed by atoms with Crippen LogP contribution in [0.4, 0.5) is 0 Å². The molecule has 0 bridgehead atoms. The van der Waals surface area contributed by atoms with Crippen LogP contribution in [0.5, 0.6) is 5.75 Å². The summed E-state index contributed by atoms with van der Waals surface area (Å²) in [5, 5.41) is 9.36. The van der Waals surface area contributed by atoms with Gasteiger partial charge in [-0.15, -0.1) is 0 Å². The van der Waals surface area contributed by atoms with E-state index in [0.717, 1.165) is 26.9 Å². The van der Waals surface area contributed by atoms with Gasteiger partial charge in [0, 0.05) is 10.0 Å². The molecule has 2 rings (SSSR count). The Morgan fingerprint density at radius 1 is 1.17 bits per heavy atom. The number of aliphatic hydroxyl groups is 1. The van der Waals surface area contributed by atoms with Gasteiger partial charge in [-0.2, -0.15) is 0 Å². The first-order valence-corrected chi connectivity index (χ1v) is 6.56. The first kappa shape index (κ1) is 13.1. The van der Waals surface area contributed by atoms with E-state index in [1.54, 1.807) is 0 Å². The molecule has 0 aliphatic rings. The summed E-state index contributed by atoms with van der Waals surface area (Å²) in [5.74, 6) is 0.768. The first-order chi connectivity index (χ1) is 8.70. The molecule has 3 heteroatoms. The van der Waals surface area contributed by atoms with E-state index in [9.17, 15) is 5.11 Å². The molecule has 2 aromatic carbocycles. The van der Waals surface area contributed by atoms with Crippen LogP contribution in [0.3, 0.4) is 0 Å². The standard InChI is InChI=1S/C15H15BrO2/c1-11-7-14(16)8-13(9-17)15(11)18-10-12-5-3-2-4-6-12/h2-8,17H,9-10H2,1H3. The molecule has 0 saturated carbocycles. The van der Waals surface area contributed by atoms with E-state index in [4.69, 9.17) is 4.74 Å². The van der Waals surface area contributed by atoms with Crippen LogP contribution in [-0.4, -0.2) is 5.11 Å². The van der Waals surface area contributed by atoms with Crippen LogP contribution in [0.15, 0.2) is 46.9 Å². The summed E-state index contributed by atoms with van der Waals surface area (Å²) in [4.78, 5) is 0. The van der Waals surface area contributed by atoms with Crippen molar-refractivity contribution in [2.45, 2.75) is 20.1 Å². The monoisotopic (exact) mass is 306 g/mol. The Labute approximate surface area is 115 Å². The van der Waals surface area contributed by atoms with Gasteiger partial charge in [0.2, 0.25) is 0 Å². The molecule has 0 heterocycles. The Morgan fingerprint density at radius 2 is 1.89 bits per heavy atom. The number of halogens is 1. The van der Waals surface area contributed by atoms with Gasteiger partial charge >= 0.3 is 0 Å². The Hall–Kier alpha value is -1.32. The van der Waals surface area contributed by atoms with Crippen molar-refractivity contribution in [3.05, 3.63) is 63.6 Å². The number of aryl methyl sites for hydroxylation is 1. The summed E-state index contributed by atoms with van der Waals surface area (Å²) in [6.07, 6.45) is 0. The second-order valence-electron chi connectivity index (χ2n) is 4.14. The molecule has 0 aromatic heterocycles. The summed E-state index contributed by atoms with van der Waals surface area (Å²) >= 11 is 3.42. The van der Waals surface area contributed by atoms with Gasteiger partial charge in [0.15, 0.2) is 0 Å². The molecule has 0 radical (unpaired) electrons. The summed E-state index contributed by atoms with van der Waals surface area (Å²) < 4.78 is 6.77. The maximum atomic E-state index is 9.36. The third-order valence-electron chi connectivity index (χ3n) is 2.71. The summed E-state index contributed by atoms with van der Waals surface area (Å²) in [7, 11) is 0. The van der Waals surface area contributed by atoms with Crippen molar-refractivity contribution in [1.29, 1.82) is 0 Å². The molecule has 2 aromatic rings. The molecule has 18 heavy (non-hydrogen) atoms. The zero-order valence-electron chi connectivity index (χ0n) is 10.2. The van der Waals surface area contributed by atoms with Gasteiger partial charge in [-0.1, -0.05) is 46.3 Å². The Kier molecular flexibility index (Phi) is 4.39. The van der Waals surface area contributed by atoms with Gasteiger partial charge in [0.05, 0.1) is 6.61 Å². The van der Waals surface area contributed by atoms with Crippen LogP contribution in [0, 0.1) is 6.92 Å². The largest absolute Gasteiger partial charge is 0.488 e. The fourth-order valence-electron chi connectivity index (χ4n) is 1.85. The predicted octanol–water partition coefficient (Wildman–Crippen LogP) is 3.83. The van der Waals surface area contributed by atoms with Crippen molar-refractivity contribution in [2.24, 2.45) is 0 Å². The highest BCUT2D eigenvalue weighted by Crippen LogP contribution is 2.28. The van der Waals surface area contributed by atoms with Crippen LogP contribution in [-0.2, 0) is 13.2 Å². The lowest BCUT2D eigenvalue weighted by molar-refractivity contribution is 0.258. The second-order valence-corrected chi connectivity index (χ2v) is 5.06. The van der Waals surface area contributed by atoms with Crippen molar-refractivity contribution in [2.75, 3.05) is 0 Å². The minimum absolute atomic E-state index is 0.0234. The molecule has 0 saturated heterocycles. The molecule has 2 nitrogen and oxygen atoms in total. The van der Waals surface area contributed by atoms with E-state index in [1.165, 1.54) is 0 Å². The smallest absolute Gasteiger partial charge is 0.128 e. The highest BCUT2D eigenvalue weighted by Gasteiger charge is 2.08. The van der Waals surface area contributed by atoms with Crippen molar-refractivity contribution >= 4 is 15.9 Å². The summed E-state index contributed by atoms with van der Waals surface area (Å²) in [6, 6.07) is 13.9. The van der Waals surface area contributed by atoms with Gasteiger partial charge in [-0.05, 0) is 30.2 Å². The van der Waals surface area contributed by atoms with E-state index >= 15 is 0 Å². The molecule has 0 aliphatic heterocycles. The van der Waals surface area contributed by atoms with Crippen LogP contribution in [0.1, 0.15) is 16.7 Å². The molecule has 0 amide bonds. The van der Waals surface area contributed by atoms with E-state index in [-0.39, 0.29) is 6.61 Å². The molecule has 94 valence electrons. The second kappa shape index (κ2) is 6.03. The number of aliphatic hydroxyl groups excluding tert-OH is 1. The number of hydrogen-bond acceptors (Lipinski definition) is 2. The van der Waals surface area contributed by atoms with E-state index in [0.29, 0.717) is 6.61 Å². The third-order valence-corrected chi connectivity index (χ3v) is 3.17. The lowest BCUT2D eigenvalue weighted by Gasteiger charge is -2.13. The lowest BCUT2D eigenvalue weighted by atomic mass is 10.1. The minimum Gasteiger partial charge on any atom is -0.488 e. The van der Waals surface area contributed by atoms with E-state index in [2.05, 4.69) is 15.9 Å². The van der Waals surface area contributed by atoms with Crippen LogP contribution < -0.4 is 4.74 Å². The van der Waals surface area contributed by atoms with E-state index < -0.39 is 0 Å². The van der Waals surface area contributed by atoms with Crippen LogP contribution in [0.2, 0.25) is 0 Å². The average Bonchev–Trinajstić information content (AvgIpc) is 2.38. The van der Waals surface area contributed by atoms with Crippen LogP contribution >= 0.6 is 15.9 Å². The highest BCUT2D eigenvalue weighted by molar-refractivity contribution is 9.10. The summed E-state index contributed by atoms with van der Waals surface area (Å²) in [5.41, 5.74) is 2.94. The topological polar surface area (TPSA) is 29.5 Å². The number of rotatable bonds is 4. The van der Waals surface area contributed by atoms with Crippen molar-refractivity contribution in [3.8, 4) is 5.75 Å². The van der Waals surface area contributed by atoms with E-state index in [1.807, 2.05) is 49.4 Å². The fourth-order valence-corrected chi connectivity index (χ4v) is 2.47. The molecule has 0 spiro atoms. The zero-order valence-corrected chi connectivity index (χ0v) is 11.8. The number of benzene rings is 2. The lowest BCUT2D eigenvalue weighted by Crippen LogP contribution is -2.00. The quantitative estimate of drug-likeness (QED) is 0.930. The third kappa shape index (κ3) is 3.12. The van der Waals surface area contributed by atoms with Gasteiger partial charge in [-0.3, -0.25) is 0 Å². The molecular weight excluding hydrogens is 292 g/mol. The Bertz CT molecular complexity index is 524. The SMILES string of the molecule is Cc1cc(Br)cc(CO)c1OCc1ccccc1. The number of ether oxygens (including phenoxy) is 1. The first-order valence-electron chi connectivity index (χ1n) is 5.77. The number of hydrogen-bond donors (Lipinski definition) is 1. The van der Waals surface area contributed by atoms with Crippen molar-refractivity contribution < 1.29 is 9.84 Å². The molecule has 0 unspecified atom stereocenters. The maximum absolute atomic E-state index is 9.36. The van der Waals surface area contributed by atoms with Crippen molar-refractivity contribution in [3.63, 3.8) is 0 Å². The highest BCUT2D eigenvalue weighted by atomic mass is 79.9. The molecule has 0 fully saturated rings. The zero-order chi connectivity index (χ0) is 13.0. The Morgan fingerprint density at radius 3 is 2.56 bits per heavy atom. The predicted molar refractivity (Wildman–Crippen MR) is 75.6 cm³/mol. The average molecular weight is 307 g/mol.